The van der Waals surface area contributed by atoms with Crippen molar-refractivity contribution in [2.45, 2.75) is 32.0 Å². The number of carbonyl (C=O) groups is 1. The largest absolute Gasteiger partial charge is 0.493 e. The molecule has 1 saturated heterocycles. The second-order valence-electron chi connectivity index (χ2n) is 6.88. The highest BCUT2D eigenvalue weighted by Gasteiger charge is 2.27. The Balaban J connectivity index is 1.57. The predicted octanol–water partition coefficient (Wildman–Crippen LogP) is 3.67. The summed E-state index contributed by atoms with van der Waals surface area (Å²) in [6.45, 7) is 2.35. The van der Waals surface area contributed by atoms with Crippen LogP contribution >= 0.6 is 0 Å². The van der Waals surface area contributed by atoms with Gasteiger partial charge in [-0.2, -0.15) is 0 Å². The van der Waals surface area contributed by atoms with Crippen LogP contribution in [-0.4, -0.2) is 25.5 Å². The van der Waals surface area contributed by atoms with E-state index >= 15 is 0 Å². The van der Waals surface area contributed by atoms with Gasteiger partial charge in [0.05, 0.1) is 13.2 Å². The van der Waals surface area contributed by atoms with Crippen LogP contribution in [0.4, 0.5) is 0 Å². The minimum Gasteiger partial charge on any atom is -0.493 e. The van der Waals surface area contributed by atoms with Crippen LogP contribution in [0.3, 0.4) is 0 Å². The molecule has 1 aliphatic rings. The molecule has 0 aliphatic carbocycles. The number of methoxy groups -OCH3 is 1. The normalized spacial score (nSPS) is 16.7. The van der Waals surface area contributed by atoms with Gasteiger partial charge in [-0.15, -0.1) is 0 Å². The maximum atomic E-state index is 12.7. The monoisotopic (exact) mass is 364 g/mol. The minimum atomic E-state index is -0.142. The fraction of sp³-hybridized carbons (Fsp3) is 0.318. The number of hydrogen-bond donors (Lipinski definition) is 2. The number of rotatable bonds is 7. The van der Waals surface area contributed by atoms with Crippen LogP contribution in [0.15, 0.2) is 52.9 Å². The van der Waals surface area contributed by atoms with Crippen molar-refractivity contribution in [1.82, 2.24) is 10.6 Å². The fourth-order valence-electron chi connectivity index (χ4n) is 3.61. The first-order valence-electron chi connectivity index (χ1n) is 9.38. The van der Waals surface area contributed by atoms with Crippen molar-refractivity contribution in [2.75, 3.05) is 13.7 Å². The van der Waals surface area contributed by atoms with E-state index in [4.69, 9.17) is 9.15 Å². The zero-order valence-corrected chi connectivity index (χ0v) is 15.5. The SMILES string of the molecule is COc1ccc(CNCc2ccccc2)c2cc(C(=O)C3CCCN3)oc12. The number of furan rings is 1. The van der Waals surface area contributed by atoms with Gasteiger partial charge >= 0.3 is 0 Å². The average Bonchev–Trinajstić information content (AvgIpc) is 3.39. The van der Waals surface area contributed by atoms with Crippen LogP contribution in [0.25, 0.3) is 11.0 Å². The zero-order chi connectivity index (χ0) is 18.6. The summed E-state index contributed by atoms with van der Waals surface area (Å²) in [5, 5.41) is 7.63. The lowest BCUT2D eigenvalue weighted by Gasteiger charge is -2.08. The Kier molecular flexibility index (Phi) is 5.23. The van der Waals surface area contributed by atoms with Crippen molar-refractivity contribution in [3.05, 3.63) is 65.4 Å². The van der Waals surface area contributed by atoms with Crippen molar-refractivity contribution in [3.63, 3.8) is 0 Å². The molecule has 0 spiro atoms. The molecule has 0 saturated carbocycles. The number of carbonyl (C=O) groups excluding carboxylic acids is 1. The lowest BCUT2D eigenvalue weighted by molar-refractivity contribution is 0.0927. The van der Waals surface area contributed by atoms with Gasteiger partial charge in [0.2, 0.25) is 5.78 Å². The van der Waals surface area contributed by atoms with Gasteiger partial charge in [0, 0.05) is 18.5 Å². The van der Waals surface area contributed by atoms with E-state index in [9.17, 15) is 4.79 Å². The number of hydrogen-bond acceptors (Lipinski definition) is 5. The van der Waals surface area contributed by atoms with E-state index in [1.165, 1.54) is 5.56 Å². The van der Waals surface area contributed by atoms with Crippen LogP contribution in [0.5, 0.6) is 5.75 Å². The number of Topliss-reactive ketones (excluding diaryl/α,β-unsaturated/α-hetero) is 1. The van der Waals surface area contributed by atoms with E-state index in [-0.39, 0.29) is 11.8 Å². The highest BCUT2D eigenvalue weighted by molar-refractivity contribution is 6.02. The van der Waals surface area contributed by atoms with Gasteiger partial charge in [0.15, 0.2) is 17.1 Å². The first-order valence-corrected chi connectivity index (χ1v) is 9.38. The summed E-state index contributed by atoms with van der Waals surface area (Å²) in [7, 11) is 1.62. The summed E-state index contributed by atoms with van der Waals surface area (Å²) in [6, 6.07) is 15.9. The highest BCUT2D eigenvalue weighted by atomic mass is 16.5. The first-order chi connectivity index (χ1) is 13.3. The summed E-state index contributed by atoms with van der Waals surface area (Å²) >= 11 is 0. The van der Waals surface area contributed by atoms with Gasteiger partial charge in [-0.1, -0.05) is 36.4 Å². The zero-order valence-electron chi connectivity index (χ0n) is 15.5. The molecule has 27 heavy (non-hydrogen) atoms. The molecular weight excluding hydrogens is 340 g/mol. The van der Waals surface area contributed by atoms with Crippen molar-refractivity contribution < 1.29 is 13.9 Å². The lowest BCUT2D eigenvalue weighted by Crippen LogP contribution is -2.30. The Morgan fingerprint density at radius 2 is 2.07 bits per heavy atom. The van der Waals surface area contributed by atoms with Crippen LogP contribution in [0.2, 0.25) is 0 Å². The Morgan fingerprint density at radius 1 is 1.22 bits per heavy atom. The van der Waals surface area contributed by atoms with Crippen LogP contribution < -0.4 is 15.4 Å². The topological polar surface area (TPSA) is 63.5 Å². The second-order valence-corrected chi connectivity index (χ2v) is 6.88. The molecular formula is C22H24N2O3. The molecule has 1 fully saturated rings. The van der Waals surface area contributed by atoms with Gasteiger partial charge < -0.3 is 19.8 Å². The summed E-state index contributed by atoms with van der Waals surface area (Å²) in [5.74, 6) is 1.07. The quantitative estimate of drug-likeness (QED) is 0.627. The van der Waals surface area contributed by atoms with Gasteiger partial charge in [-0.05, 0) is 42.6 Å². The van der Waals surface area contributed by atoms with Crippen LogP contribution in [0, 0.1) is 0 Å². The summed E-state index contributed by atoms with van der Waals surface area (Å²) < 4.78 is 11.4. The molecule has 5 nitrogen and oxygen atoms in total. The smallest absolute Gasteiger partial charge is 0.214 e. The predicted molar refractivity (Wildman–Crippen MR) is 105 cm³/mol. The number of nitrogens with one attached hydrogen (secondary N) is 2. The molecule has 2 aromatic carbocycles. The van der Waals surface area contributed by atoms with Crippen molar-refractivity contribution in [2.24, 2.45) is 0 Å². The van der Waals surface area contributed by atoms with Crippen LogP contribution in [-0.2, 0) is 13.1 Å². The van der Waals surface area contributed by atoms with Crippen molar-refractivity contribution in [1.29, 1.82) is 0 Å². The molecule has 4 rings (SSSR count). The Bertz CT molecular complexity index is 927. The molecule has 1 atom stereocenters. The van der Waals surface area contributed by atoms with Crippen LogP contribution in [0.1, 0.15) is 34.5 Å². The standard InChI is InChI=1S/C22H24N2O3/c1-26-19-10-9-16(14-23-13-15-6-3-2-4-7-15)17-12-20(27-22(17)19)21(25)18-8-5-11-24-18/h2-4,6-7,9-10,12,18,23-24H,5,8,11,13-14H2,1H3. The molecule has 2 N–H and O–H groups in total. The third-order valence-electron chi connectivity index (χ3n) is 5.06. The lowest BCUT2D eigenvalue weighted by atomic mass is 10.1. The Hall–Kier alpha value is -2.63. The van der Waals surface area contributed by atoms with Gasteiger partial charge in [0.1, 0.15) is 0 Å². The molecule has 3 aromatic rings. The van der Waals surface area contributed by atoms with Gasteiger partial charge in [-0.25, -0.2) is 0 Å². The van der Waals surface area contributed by atoms with E-state index < -0.39 is 0 Å². The molecule has 5 heteroatoms. The number of ketones is 1. The van der Waals surface area contributed by atoms with Gasteiger partial charge in [-0.3, -0.25) is 4.79 Å². The average molecular weight is 364 g/mol. The number of benzene rings is 2. The molecule has 0 bridgehead atoms. The van der Waals surface area contributed by atoms with E-state index in [2.05, 4.69) is 22.8 Å². The summed E-state index contributed by atoms with van der Waals surface area (Å²) in [5.41, 5.74) is 2.96. The second kappa shape index (κ2) is 7.94. The number of ether oxygens (including phenoxy) is 1. The first kappa shape index (κ1) is 17.8. The molecule has 2 heterocycles. The third kappa shape index (κ3) is 3.75. The molecule has 1 aliphatic heterocycles. The molecule has 0 amide bonds. The van der Waals surface area contributed by atoms with E-state index in [1.807, 2.05) is 36.4 Å². The van der Waals surface area contributed by atoms with Crippen molar-refractivity contribution >= 4 is 16.8 Å². The highest BCUT2D eigenvalue weighted by Crippen LogP contribution is 2.32. The van der Waals surface area contributed by atoms with Crippen molar-refractivity contribution in [3.8, 4) is 5.75 Å². The molecule has 1 aromatic heterocycles. The maximum absolute atomic E-state index is 12.7. The summed E-state index contributed by atoms with van der Waals surface area (Å²) in [4.78, 5) is 12.7. The fourth-order valence-corrected chi connectivity index (χ4v) is 3.61. The van der Waals surface area contributed by atoms with Gasteiger partial charge in [0.25, 0.3) is 0 Å². The van der Waals surface area contributed by atoms with E-state index in [0.717, 1.165) is 36.9 Å². The molecule has 0 radical (unpaired) electrons. The Labute approximate surface area is 158 Å². The summed E-state index contributed by atoms with van der Waals surface area (Å²) in [6.07, 6.45) is 1.88. The van der Waals surface area contributed by atoms with E-state index in [1.54, 1.807) is 7.11 Å². The maximum Gasteiger partial charge on any atom is 0.214 e. The number of fused-ring (bicyclic) bond motifs is 1. The minimum absolute atomic E-state index is 0.0222. The third-order valence-corrected chi connectivity index (χ3v) is 5.06. The molecule has 140 valence electrons. The molecule has 1 unspecified atom stereocenters. The van der Waals surface area contributed by atoms with E-state index in [0.29, 0.717) is 23.6 Å². The Morgan fingerprint density at radius 3 is 2.81 bits per heavy atom.